The molecule has 0 radical (unpaired) electrons. The average Bonchev–Trinajstić information content (AvgIpc) is 3.12. The number of methoxy groups -OCH3 is 2. The molecule has 51 heavy (non-hydrogen) atoms. The Morgan fingerprint density at radius 3 is 2.20 bits per heavy atom. The number of phenolic OH excluding ortho intramolecular Hbond substituents is 2. The molecule has 3 aliphatic heterocycles. The number of anilines is 1. The molecule has 3 fully saturated rings. The van der Waals surface area contributed by atoms with E-state index in [9.17, 15) is 25.0 Å². The fourth-order valence-electron chi connectivity index (χ4n) is 6.59. The molecule has 1 aromatic heterocycles. The number of piperidine rings is 3. The number of pyridine rings is 1. The zero-order chi connectivity index (χ0) is 36.2. The van der Waals surface area contributed by atoms with Crippen LogP contribution in [-0.4, -0.2) is 67.1 Å². The summed E-state index contributed by atoms with van der Waals surface area (Å²) in [6.07, 6.45) is 2.35. The van der Waals surface area contributed by atoms with Gasteiger partial charge in [0.05, 0.1) is 26.3 Å². The number of phenols is 2. The normalized spacial score (nSPS) is 18.5. The number of rotatable bonds is 11. The zero-order valence-corrected chi connectivity index (χ0v) is 29.5. The van der Waals surface area contributed by atoms with E-state index in [2.05, 4.69) is 4.90 Å². The van der Waals surface area contributed by atoms with Gasteiger partial charge in [-0.25, -0.2) is 9.59 Å². The molecular weight excluding hydrogens is 701 g/mol. The molecule has 4 heterocycles. The number of ether oxygens (including phenoxy) is 4. The van der Waals surface area contributed by atoms with Crippen molar-refractivity contribution >= 4 is 41.0 Å². The second-order valence-corrected chi connectivity index (χ2v) is 13.3. The van der Waals surface area contributed by atoms with Crippen molar-refractivity contribution in [2.75, 3.05) is 38.8 Å². The Kier molecular flexibility index (Phi) is 10.9. The summed E-state index contributed by atoms with van der Waals surface area (Å²) in [7, 11) is 2.99. The highest BCUT2D eigenvalue weighted by Gasteiger charge is 2.38. The van der Waals surface area contributed by atoms with Crippen molar-refractivity contribution in [1.29, 1.82) is 0 Å². The van der Waals surface area contributed by atoms with Crippen LogP contribution in [0.15, 0.2) is 73.1 Å². The Balaban J connectivity index is 1.23. The summed E-state index contributed by atoms with van der Waals surface area (Å²) in [6.45, 7) is 2.52. The molecule has 0 saturated carbocycles. The van der Waals surface area contributed by atoms with Crippen LogP contribution < -0.4 is 19.1 Å². The maximum atomic E-state index is 13.7. The third kappa shape index (κ3) is 8.03. The van der Waals surface area contributed by atoms with Crippen molar-refractivity contribution in [3.05, 3.63) is 111 Å². The third-order valence-electron chi connectivity index (χ3n) is 9.34. The van der Waals surface area contributed by atoms with Crippen molar-refractivity contribution in [3.63, 3.8) is 0 Å². The number of amides is 1. The van der Waals surface area contributed by atoms with E-state index in [1.807, 2.05) is 0 Å². The Labute approximate surface area is 304 Å². The number of nitrogens with zero attached hydrogens (tertiary/aromatic N) is 3. The second-order valence-electron chi connectivity index (χ2n) is 12.5. The minimum Gasteiger partial charge on any atom is -0.619 e. The molecule has 0 unspecified atom stereocenters. The number of fused-ring (bicyclic) bond motifs is 3. The van der Waals surface area contributed by atoms with Gasteiger partial charge in [0.25, 0.3) is 0 Å². The van der Waals surface area contributed by atoms with Crippen LogP contribution in [0.2, 0.25) is 10.0 Å². The number of aromatic hydroxyl groups is 2. The van der Waals surface area contributed by atoms with Crippen molar-refractivity contribution in [2.45, 2.75) is 38.0 Å². The molecule has 3 saturated heterocycles. The van der Waals surface area contributed by atoms with E-state index in [0.717, 1.165) is 25.9 Å². The number of esters is 1. The molecule has 7 rings (SSSR count). The van der Waals surface area contributed by atoms with Crippen molar-refractivity contribution in [1.82, 2.24) is 4.90 Å². The van der Waals surface area contributed by atoms with Gasteiger partial charge < -0.3 is 34.4 Å². The van der Waals surface area contributed by atoms with Crippen LogP contribution in [0.5, 0.6) is 23.0 Å². The van der Waals surface area contributed by atoms with Crippen LogP contribution in [0.4, 0.5) is 10.5 Å². The zero-order valence-electron chi connectivity index (χ0n) is 28.0. The number of hydrogen-bond donors (Lipinski definition) is 2. The van der Waals surface area contributed by atoms with Crippen molar-refractivity contribution in [2.24, 2.45) is 5.92 Å². The van der Waals surface area contributed by atoms with Crippen LogP contribution in [0, 0.1) is 11.1 Å². The van der Waals surface area contributed by atoms with Gasteiger partial charge in [0.15, 0.2) is 23.9 Å². The van der Waals surface area contributed by atoms with Crippen LogP contribution in [0.25, 0.3) is 0 Å². The summed E-state index contributed by atoms with van der Waals surface area (Å²) in [5.41, 5.74) is 1.68. The summed E-state index contributed by atoms with van der Waals surface area (Å²) in [4.78, 5) is 30.7. The van der Waals surface area contributed by atoms with Crippen LogP contribution >= 0.6 is 23.2 Å². The molecule has 268 valence electrons. The van der Waals surface area contributed by atoms with Gasteiger partial charge >= 0.3 is 12.1 Å². The fraction of sp³-hybridized carbons (Fsp3) is 0.324. The largest absolute Gasteiger partial charge is 0.619 e. The molecule has 2 N–H and O–H groups in total. The first kappa shape index (κ1) is 35.9. The molecule has 3 aliphatic rings. The second kappa shape index (κ2) is 15.5. The van der Waals surface area contributed by atoms with Crippen LogP contribution in [0.3, 0.4) is 0 Å². The minimum absolute atomic E-state index is 0.0402. The lowest BCUT2D eigenvalue weighted by molar-refractivity contribution is -0.605. The van der Waals surface area contributed by atoms with E-state index in [1.54, 1.807) is 42.5 Å². The highest BCUT2D eigenvalue weighted by Crippen LogP contribution is 2.39. The molecule has 3 aromatic carbocycles. The number of aromatic nitrogens is 1. The highest BCUT2D eigenvalue weighted by atomic mass is 35.5. The molecule has 4 aromatic rings. The number of carbonyl (C=O) groups is 2. The number of carbonyl (C=O) groups excluding carboxylic acids is 2. The quantitative estimate of drug-likeness (QED) is 0.100. The smallest absolute Gasteiger partial charge is 0.415 e. The first-order chi connectivity index (χ1) is 24.5. The number of benzene rings is 3. The van der Waals surface area contributed by atoms with E-state index in [1.165, 1.54) is 49.7 Å². The lowest BCUT2D eigenvalue weighted by Gasteiger charge is -2.44. The lowest BCUT2D eigenvalue weighted by atomic mass is 9.86. The van der Waals surface area contributed by atoms with Gasteiger partial charge in [-0.1, -0.05) is 47.5 Å². The van der Waals surface area contributed by atoms with Crippen molar-refractivity contribution in [3.8, 4) is 23.0 Å². The molecule has 14 heteroatoms. The first-order valence-corrected chi connectivity index (χ1v) is 17.1. The molecule has 2 bridgehead atoms. The maximum Gasteiger partial charge on any atom is 0.415 e. The predicted octanol–water partition coefficient (Wildman–Crippen LogP) is 6.43. The summed E-state index contributed by atoms with van der Waals surface area (Å²) in [5.74, 6) is -0.0970. The lowest BCUT2D eigenvalue weighted by Crippen LogP contribution is -2.53. The fourth-order valence-corrected chi connectivity index (χ4v) is 7.18. The number of para-hydroxylation sites is 1. The monoisotopic (exact) mass is 737 g/mol. The first-order valence-electron chi connectivity index (χ1n) is 16.3. The summed E-state index contributed by atoms with van der Waals surface area (Å²) in [6, 6.07) is 15.7. The van der Waals surface area contributed by atoms with Gasteiger partial charge in [-0.05, 0) is 79.4 Å². The van der Waals surface area contributed by atoms with Gasteiger partial charge in [-0.3, -0.25) is 9.80 Å². The maximum absolute atomic E-state index is 13.7. The van der Waals surface area contributed by atoms with E-state index in [0.29, 0.717) is 39.5 Å². The minimum atomic E-state index is -0.907. The van der Waals surface area contributed by atoms with Crippen LogP contribution in [-0.2, 0) is 22.4 Å². The van der Waals surface area contributed by atoms with E-state index >= 15 is 0 Å². The van der Waals surface area contributed by atoms with Gasteiger partial charge in [-0.2, -0.15) is 4.73 Å². The standard InChI is InChI=1S/C37H37Cl2N3O9/c1-48-31-11-10-25(16-33(31)49-2)32(17-26-27(38)19-41(47)20-28(26)39)50-36(45)24-8-6-22(7-9-24)18-42(35-29(43)4-3-5-30(35)44)37(46)51-34-21-40-14-12-23(34)13-15-40/h3-11,16,19-20,23,32,34,43-44H,12-15,17-18,21H2,1-2H3/t32-,34-/m0/s1. The van der Waals surface area contributed by atoms with Gasteiger partial charge in [0.2, 0.25) is 0 Å². The Hall–Kier alpha value is -4.91. The van der Waals surface area contributed by atoms with Gasteiger partial charge in [-0.15, -0.1) is 0 Å². The molecule has 0 aliphatic carbocycles. The molecule has 2 atom stereocenters. The topological polar surface area (TPSA) is 145 Å². The van der Waals surface area contributed by atoms with Gasteiger partial charge in [0, 0.05) is 18.5 Å². The summed E-state index contributed by atoms with van der Waals surface area (Å²) in [5, 5.41) is 33.5. The third-order valence-corrected chi connectivity index (χ3v) is 9.99. The number of halogens is 2. The Morgan fingerprint density at radius 1 is 0.961 bits per heavy atom. The van der Waals surface area contributed by atoms with E-state index in [4.69, 9.17) is 42.1 Å². The Morgan fingerprint density at radius 2 is 1.61 bits per heavy atom. The van der Waals surface area contributed by atoms with Crippen molar-refractivity contribution < 1.29 is 43.5 Å². The predicted molar refractivity (Wildman–Crippen MR) is 189 cm³/mol. The summed E-state index contributed by atoms with van der Waals surface area (Å²) >= 11 is 12.8. The summed E-state index contributed by atoms with van der Waals surface area (Å²) < 4.78 is 23.3. The molecule has 12 nitrogen and oxygen atoms in total. The average molecular weight is 739 g/mol. The van der Waals surface area contributed by atoms with E-state index < -0.39 is 18.2 Å². The molecule has 0 spiro atoms. The molecule has 1 amide bonds. The van der Waals surface area contributed by atoms with Crippen LogP contribution in [0.1, 0.15) is 46.0 Å². The van der Waals surface area contributed by atoms with Gasteiger partial charge in [0.1, 0.15) is 39.4 Å². The molecular formula is C37H37Cl2N3O9. The highest BCUT2D eigenvalue weighted by molar-refractivity contribution is 6.35. The Bertz CT molecular complexity index is 1860. The van der Waals surface area contributed by atoms with E-state index in [-0.39, 0.29) is 57.8 Å². The SMILES string of the molecule is COc1ccc([C@H](Cc2c(Cl)c[n+]([O-])cc2Cl)OC(=O)c2ccc(CN(C(=O)O[C@H]3CN4CCC3CC4)c3c(O)cccc3O)cc2)cc1OC. The number of hydrogen-bond acceptors (Lipinski definition) is 10.